The zero-order chi connectivity index (χ0) is 17.0. The van der Waals surface area contributed by atoms with Crippen molar-refractivity contribution >= 4 is 17.7 Å². The number of ether oxygens (including phenoxy) is 1. The van der Waals surface area contributed by atoms with Gasteiger partial charge in [-0.15, -0.1) is 5.73 Å². The van der Waals surface area contributed by atoms with Crippen molar-refractivity contribution in [3.8, 4) is 0 Å². The van der Waals surface area contributed by atoms with Gasteiger partial charge in [-0.2, -0.15) is 11.8 Å². The van der Waals surface area contributed by atoms with Crippen LogP contribution >= 0.6 is 11.8 Å². The summed E-state index contributed by atoms with van der Waals surface area (Å²) in [5.41, 5.74) is 3.10. The second-order valence-electron chi connectivity index (χ2n) is 5.61. The van der Waals surface area contributed by atoms with Gasteiger partial charge in [-0.05, 0) is 31.4 Å². The van der Waals surface area contributed by atoms with Crippen molar-refractivity contribution < 1.29 is 9.53 Å². The highest BCUT2D eigenvalue weighted by atomic mass is 32.2. The molecule has 0 saturated carbocycles. The first-order chi connectivity index (χ1) is 11.3. The number of rotatable bonds is 15. The van der Waals surface area contributed by atoms with Crippen molar-refractivity contribution in [2.75, 3.05) is 18.6 Å². The molecule has 0 radical (unpaired) electrons. The topological polar surface area (TPSA) is 26.3 Å². The molecular weight excluding hydrogens is 304 g/mol. The lowest BCUT2D eigenvalue weighted by atomic mass is 10.1. The van der Waals surface area contributed by atoms with Gasteiger partial charge in [-0.1, -0.05) is 57.6 Å². The Hall–Kier alpha value is -0.920. The van der Waals surface area contributed by atoms with Crippen LogP contribution in [-0.4, -0.2) is 24.6 Å². The van der Waals surface area contributed by atoms with Crippen LogP contribution in [0.5, 0.6) is 0 Å². The van der Waals surface area contributed by atoms with Gasteiger partial charge in [0.2, 0.25) is 0 Å². The van der Waals surface area contributed by atoms with E-state index in [0.717, 1.165) is 11.5 Å². The lowest BCUT2D eigenvalue weighted by Gasteiger charge is -1.98. The molecule has 0 aliphatic heterocycles. The Morgan fingerprint density at radius 2 is 1.70 bits per heavy atom. The molecule has 0 aliphatic rings. The van der Waals surface area contributed by atoms with Crippen molar-refractivity contribution in [3.63, 3.8) is 0 Å². The summed E-state index contributed by atoms with van der Waals surface area (Å²) in [6.07, 6.45) is 20.5. The molecule has 132 valence electrons. The highest BCUT2D eigenvalue weighted by Crippen LogP contribution is 2.09. The van der Waals surface area contributed by atoms with E-state index in [2.05, 4.69) is 29.5 Å². The summed E-state index contributed by atoms with van der Waals surface area (Å²) in [5, 5.41) is 0. The minimum Gasteiger partial charge on any atom is -0.469 e. The third-order valence-corrected chi connectivity index (χ3v) is 4.34. The lowest BCUT2D eigenvalue weighted by Crippen LogP contribution is -1.97. The van der Waals surface area contributed by atoms with Gasteiger partial charge in [0.05, 0.1) is 7.11 Å². The van der Waals surface area contributed by atoms with Gasteiger partial charge in [0.25, 0.3) is 0 Å². The quantitative estimate of drug-likeness (QED) is 0.157. The summed E-state index contributed by atoms with van der Waals surface area (Å²) in [7, 11) is 1.42. The van der Waals surface area contributed by atoms with Gasteiger partial charge in [0, 0.05) is 17.9 Å². The van der Waals surface area contributed by atoms with Crippen molar-refractivity contribution in [2.45, 2.75) is 71.1 Å². The molecule has 0 N–H and O–H groups in total. The van der Waals surface area contributed by atoms with Crippen LogP contribution in [0.2, 0.25) is 0 Å². The van der Waals surface area contributed by atoms with E-state index in [1.54, 1.807) is 0 Å². The average Bonchev–Trinajstić information content (AvgIpc) is 2.57. The SMILES string of the molecule is CCCCCCCCC/C=C\CSCC=C=CCCC(=O)OC. The Labute approximate surface area is 147 Å². The molecule has 0 aromatic carbocycles. The summed E-state index contributed by atoms with van der Waals surface area (Å²) in [6, 6.07) is 0. The molecule has 0 atom stereocenters. The van der Waals surface area contributed by atoms with Gasteiger partial charge in [-0.25, -0.2) is 0 Å². The Balaban J connectivity index is 3.30. The predicted octanol–water partition coefficient (Wildman–Crippen LogP) is 6.08. The highest BCUT2D eigenvalue weighted by molar-refractivity contribution is 7.99. The monoisotopic (exact) mass is 338 g/mol. The van der Waals surface area contributed by atoms with Gasteiger partial charge in [0.15, 0.2) is 0 Å². The third-order valence-electron chi connectivity index (χ3n) is 3.51. The molecule has 23 heavy (non-hydrogen) atoms. The average molecular weight is 339 g/mol. The second kappa shape index (κ2) is 19.1. The molecule has 3 heteroatoms. The van der Waals surface area contributed by atoms with Crippen LogP contribution in [0.25, 0.3) is 0 Å². The molecule has 0 bridgehead atoms. The normalized spacial score (nSPS) is 10.5. The van der Waals surface area contributed by atoms with Crippen LogP contribution in [0.15, 0.2) is 30.0 Å². The summed E-state index contributed by atoms with van der Waals surface area (Å²) in [4.78, 5) is 10.9. The Morgan fingerprint density at radius 1 is 0.957 bits per heavy atom. The van der Waals surface area contributed by atoms with Crippen molar-refractivity contribution in [1.82, 2.24) is 0 Å². The van der Waals surface area contributed by atoms with Crippen LogP contribution in [-0.2, 0) is 9.53 Å². The Bertz CT molecular complexity index is 355. The van der Waals surface area contributed by atoms with E-state index in [0.29, 0.717) is 12.8 Å². The number of thioether (sulfide) groups is 1. The number of hydrogen-bond acceptors (Lipinski definition) is 3. The Morgan fingerprint density at radius 3 is 2.43 bits per heavy atom. The minimum atomic E-state index is -0.163. The van der Waals surface area contributed by atoms with Crippen LogP contribution in [0.1, 0.15) is 71.1 Å². The van der Waals surface area contributed by atoms with Gasteiger partial charge in [-0.3, -0.25) is 4.79 Å². The zero-order valence-corrected chi connectivity index (χ0v) is 15.8. The molecule has 0 heterocycles. The number of unbranched alkanes of at least 4 members (excludes halogenated alkanes) is 7. The molecule has 0 saturated heterocycles. The van der Waals surface area contributed by atoms with Gasteiger partial charge in [0.1, 0.15) is 0 Å². The van der Waals surface area contributed by atoms with Crippen LogP contribution in [0, 0.1) is 0 Å². The smallest absolute Gasteiger partial charge is 0.305 e. The Kier molecular flexibility index (Phi) is 18.4. The second-order valence-corrected chi connectivity index (χ2v) is 6.68. The van der Waals surface area contributed by atoms with E-state index in [4.69, 9.17) is 0 Å². The number of carbonyl (C=O) groups excluding carboxylic acids is 1. The minimum absolute atomic E-state index is 0.163. The summed E-state index contributed by atoms with van der Waals surface area (Å²) in [5.74, 6) is 1.87. The van der Waals surface area contributed by atoms with E-state index in [1.807, 2.05) is 23.9 Å². The van der Waals surface area contributed by atoms with E-state index in [1.165, 1.54) is 58.5 Å². The largest absolute Gasteiger partial charge is 0.469 e. The van der Waals surface area contributed by atoms with Crippen LogP contribution in [0.3, 0.4) is 0 Å². The molecule has 0 aromatic rings. The molecule has 2 nitrogen and oxygen atoms in total. The number of hydrogen-bond donors (Lipinski definition) is 0. The van der Waals surface area contributed by atoms with Crippen molar-refractivity contribution in [3.05, 3.63) is 30.0 Å². The number of esters is 1. The van der Waals surface area contributed by atoms with Gasteiger partial charge >= 0.3 is 5.97 Å². The van der Waals surface area contributed by atoms with E-state index in [-0.39, 0.29) is 5.97 Å². The maximum absolute atomic E-state index is 10.9. The van der Waals surface area contributed by atoms with E-state index < -0.39 is 0 Å². The molecule has 0 fully saturated rings. The first-order valence-corrected chi connectivity index (χ1v) is 10.2. The molecule has 0 aliphatic carbocycles. The highest BCUT2D eigenvalue weighted by Gasteiger charge is 1.94. The van der Waals surface area contributed by atoms with Crippen LogP contribution in [0.4, 0.5) is 0 Å². The number of methoxy groups -OCH3 is 1. The first kappa shape index (κ1) is 22.1. The molecule has 0 unspecified atom stereocenters. The fourth-order valence-corrected chi connectivity index (χ4v) is 2.73. The first-order valence-electron chi connectivity index (χ1n) is 9.00. The van der Waals surface area contributed by atoms with E-state index >= 15 is 0 Å². The molecule has 0 amide bonds. The number of allylic oxidation sites excluding steroid dienone is 1. The zero-order valence-electron chi connectivity index (χ0n) is 15.0. The lowest BCUT2D eigenvalue weighted by molar-refractivity contribution is -0.140. The van der Waals surface area contributed by atoms with E-state index in [9.17, 15) is 4.79 Å². The molecule has 0 rings (SSSR count). The fraction of sp³-hybridized carbons (Fsp3) is 0.700. The fourth-order valence-electron chi connectivity index (χ4n) is 2.11. The van der Waals surface area contributed by atoms with Crippen molar-refractivity contribution in [1.29, 1.82) is 0 Å². The van der Waals surface area contributed by atoms with Crippen LogP contribution < -0.4 is 0 Å². The summed E-state index contributed by atoms with van der Waals surface area (Å²) >= 11 is 1.88. The van der Waals surface area contributed by atoms with Crippen molar-refractivity contribution in [2.24, 2.45) is 0 Å². The summed E-state index contributed by atoms with van der Waals surface area (Å²) in [6.45, 7) is 2.26. The standard InChI is InChI=1S/C20H34O2S/c1-3-4-5-6-7-8-9-10-12-15-18-23-19-16-13-11-14-17-20(21)22-2/h11-12,15-16H,3-10,14,17-19H2,1-2H3/b15-12-. The molecule has 0 aromatic heterocycles. The summed E-state index contributed by atoms with van der Waals surface area (Å²) < 4.78 is 4.57. The number of carbonyl (C=O) groups is 1. The van der Waals surface area contributed by atoms with Gasteiger partial charge < -0.3 is 4.74 Å². The maximum Gasteiger partial charge on any atom is 0.305 e. The maximum atomic E-state index is 10.9. The predicted molar refractivity (Wildman–Crippen MR) is 103 cm³/mol. The molecular formula is C20H34O2S. The third kappa shape index (κ3) is 19.0. The molecule has 0 spiro atoms.